The van der Waals surface area contributed by atoms with Crippen LogP contribution in [0.3, 0.4) is 0 Å². The predicted octanol–water partition coefficient (Wildman–Crippen LogP) is 2.71. The number of halogens is 2. The minimum atomic E-state index is -0.716. The lowest BCUT2D eigenvalue weighted by molar-refractivity contribution is 0.100. The van der Waals surface area contributed by atoms with E-state index >= 15 is 0 Å². The Labute approximate surface area is 118 Å². The van der Waals surface area contributed by atoms with Crippen LogP contribution in [0.25, 0.3) is 0 Å². The highest BCUT2D eigenvalue weighted by atomic mass is 35.5. The van der Waals surface area contributed by atoms with Gasteiger partial charge in [-0.3, -0.25) is 4.79 Å². The zero-order valence-corrected chi connectivity index (χ0v) is 11.1. The van der Waals surface area contributed by atoms with Gasteiger partial charge in [0.25, 0.3) is 5.91 Å². The highest BCUT2D eigenvalue weighted by Gasteiger charge is 2.14. The molecule has 0 atom stereocenters. The summed E-state index contributed by atoms with van der Waals surface area (Å²) in [6.07, 6.45) is 1.54. The van der Waals surface area contributed by atoms with Gasteiger partial charge < -0.3 is 11.5 Å². The number of anilines is 1. The fraction of sp³-hybridized carbons (Fsp3) is 0. The molecule has 1 aromatic carbocycles. The largest absolute Gasteiger partial charge is 0.398 e. The van der Waals surface area contributed by atoms with Crippen molar-refractivity contribution in [3.05, 3.63) is 46.9 Å². The molecule has 0 fully saturated rings. The van der Waals surface area contributed by atoms with E-state index in [-0.39, 0.29) is 16.1 Å². The zero-order valence-electron chi connectivity index (χ0n) is 9.56. The Morgan fingerprint density at radius 3 is 2.79 bits per heavy atom. The minimum absolute atomic E-state index is 0.00136. The maximum atomic E-state index is 13.8. The lowest BCUT2D eigenvalue weighted by atomic mass is 10.1. The number of primary amides is 1. The molecule has 0 saturated heterocycles. The number of hydrogen-bond donors (Lipinski definition) is 2. The van der Waals surface area contributed by atoms with Crippen molar-refractivity contribution >= 4 is 35.0 Å². The number of aromatic nitrogens is 1. The molecule has 19 heavy (non-hydrogen) atoms. The summed E-state index contributed by atoms with van der Waals surface area (Å²) in [5.74, 6) is -1.28. The van der Waals surface area contributed by atoms with Gasteiger partial charge in [-0.05, 0) is 24.3 Å². The maximum Gasteiger partial charge on any atom is 0.250 e. The van der Waals surface area contributed by atoms with E-state index in [9.17, 15) is 9.18 Å². The van der Waals surface area contributed by atoms with Crippen LogP contribution < -0.4 is 11.5 Å². The van der Waals surface area contributed by atoms with Gasteiger partial charge >= 0.3 is 0 Å². The van der Waals surface area contributed by atoms with Gasteiger partial charge in [0.05, 0.1) is 15.5 Å². The quantitative estimate of drug-likeness (QED) is 0.853. The third-order valence-electron chi connectivity index (χ3n) is 2.30. The molecule has 0 aliphatic heterocycles. The summed E-state index contributed by atoms with van der Waals surface area (Å²) in [7, 11) is 0. The number of nitrogens with zero attached hydrogens (tertiary/aromatic N) is 1. The molecule has 0 radical (unpaired) electrons. The first kappa shape index (κ1) is 13.6. The number of carbonyl (C=O) groups is 1. The number of hydrogen-bond acceptors (Lipinski definition) is 4. The van der Waals surface area contributed by atoms with Crippen LogP contribution in [0.4, 0.5) is 10.1 Å². The van der Waals surface area contributed by atoms with E-state index in [4.69, 9.17) is 23.1 Å². The molecule has 0 bridgehead atoms. The Morgan fingerprint density at radius 1 is 1.42 bits per heavy atom. The van der Waals surface area contributed by atoms with Gasteiger partial charge in [0, 0.05) is 11.9 Å². The Hall–Kier alpha value is -1.79. The third-order valence-corrected chi connectivity index (χ3v) is 3.77. The molecule has 1 amide bonds. The van der Waals surface area contributed by atoms with Crippen molar-refractivity contribution in [2.24, 2.45) is 5.73 Å². The molecule has 1 aromatic heterocycles. The van der Waals surface area contributed by atoms with Gasteiger partial charge in [-0.15, -0.1) is 0 Å². The van der Waals surface area contributed by atoms with Crippen LogP contribution in [0.15, 0.2) is 40.4 Å². The summed E-state index contributed by atoms with van der Waals surface area (Å²) in [4.78, 5) is 15.4. The number of rotatable bonds is 3. The molecule has 4 nitrogen and oxygen atoms in total. The van der Waals surface area contributed by atoms with Crippen molar-refractivity contribution in [3.63, 3.8) is 0 Å². The monoisotopic (exact) mass is 297 g/mol. The molecule has 1 heterocycles. The van der Waals surface area contributed by atoms with Crippen LogP contribution in [0, 0.1) is 5.82 Å². The predicted molar refractivity (Wildman–Crippen MR) is 72.7 cm³/mol. The molecular formula is C12H9ClFN3OS. The standard InChI is InChI=1S/C12H9ClFN3OS/c13-7-2-1-3-17-12(7)19-10-4-6(11(16)18)9(15)5-8(10)14/h1-5H,15H2,(H2,16,18). The number of benzene rings is 1. The summed E-state index contributed by atoms with van der Waals surface area (Å²) >= 11 is 6.94. The van der Waals surface area contributed by atoms with Crippen molar-refractivity contribution in [2.45, 2.75) is 9.92 Å². The second-order valence-electron chi connectivity index (χ2n) is 3.63. The number of nitrogen functional groups attached to an aromatic ring is 1. The summed E-state index contributed by atoms with van der Waals surface area (Å²) < 4.78 is 13.8. The fourth-order valence-electron chi connectivity index (χ4n) is 1.41. The van der Waals surface area contributed by atoms with E-state index in [1.54, 1.807) is 18.3 Å². The lowest BCUT2D eigenvalue weighted by Gasteiger charge is -2.08. The van der Waals surface area contributed by atoms with Gasteiger partial charge in [-0.2, -0.15) is 0 Å². The second-order valence-corrected chi connectivity index (χ2v) is 5.06. The van der Waals surface area contributed by atoms with Gasteiger partial charge in [0.2, 0.25) is 0 Å². The van der Waals surface area contributed by atoms with Crippen LogP contribution in [0.5, 0.6) is 0 Å². The van der Waals surface area contributed by atoms with E-state index in [0.717, 1.165) is 17.8 Å². The van der Waals surface area contributed by atoms with Crippen LogP contribution in [-0.4, -0.2) is 10.9 Å². The first-order valence-corrected chi connectivity index (χ1v) is 6.35. The SMILES string of the molecule is NC(=O)c1cc(Sc2ncccc2Cl)c(F)cc1N. The number of nitrogens with two attached hydrogens (primary N) is 2. The van der Waals surface area contributed by atoms with Gasteiger partial charge in [0.1, 0.15) is 10.8 Å². The van der Waals surface area contributed by atoms with Crippen LogP contribution in [0.1, 0.15) is 10.4 Å². The van der Waals surface area contributed by atoms with Crippen molar-refractivity contribution in [1.29, 1.82) is 0 Å². The Balaban J connectivity index is 2.43. The zero-order chi connectivity index (χ0) is 14.0. The van der Waals surface area contributed by atoms with Crippen molar-refractivity contribution < 1.29 is 9.18 Å². The normalized spacial score (nSPS) is 10.4. The molecule has 4 N–H and O–H groups in total. The molecule has 98 valence electrons. The molecule has 7 heteroatoms. The molecule has 0 aliphatic carbocycles. The summed E-state index contributed by atoms with van der Waals surface area (Å²) in [5.41, 5.74) is 10.8. The molecule has 0 aliphatic rings. The van der Waals surface area contributed by atoms with Crippen molar-refractivity contribution in [3.8, 4) is 0 Å². The van der Waals surface area contributed by atoms with Crippen LogP contribution in [0.2, 0.25) is 5.02 Å². The molecular weight excluding hydrogens is 289 g/mol. The highest BCUT2D eigenvalue weighted by Crippen LogP contribution is 2.34. The average molecular weight is 298 g/mol. The highest BCUT2D eigenvalue weighted by molar-refractivity contribution is 7.99. The molecule has 0 spiro atoms. The smallest absolute Gasteiger partial charge is 0.250 e. The Bertz CT molecular complexity index is 651. The average Bonchev–Trinajstić information content (AvgIpc) is 2.34. The molecule has 0 unspecified atom stereocenters. The van der Waals surface area contributed by atoms with E-state index in [1.807, 2.05) is 0 Å². The summed E-state index contributed by atoms with van der Waals surface area (Å²) in [6, 6.07) is 5.66. The van der Waals surface area contributed by atoms with E-state index in [2.05, 4.69) is 4.98 Å². The number of pyridine rings is 1. The summed E-state index contributed by atoms with van der Waals surface area (Å²) in [6.45, 7) is 0. The van der Waals surface area contributed by atoms with E-state index < -0.39 is 11.7 Å². The van der Waals surface area contributed by atoms with E-state index in [1.165, 1.54) is 6.07 Å². The first-order chi connectivity index (χ1) is 8.99. The van der Waals surface area contributed by atoms with Crippen LogP contribution >= 0.6 is 23.4 Å². The first-order valence-electron chi connectivity index (χ1n) is 5.16. The fourth-order valence-corrected chi connectivity index (χ4v) is 2.47. The lowest BCUT2D eigenvalue weighted by Crippen LogP contribution is -2.14. The molecule has 0 saturated carbocycles. The number of carbonyl (C=O) groups excluding carboxylic acids is 1. The van der Waals surface area contributed by atoms with Gasteiger partial charge in [0.15, 0.2) is 0 Å². The molecule has 2 rings (SSSR count). The second kappa shape index (κ2) is 5.46. The molecule has 2 aromatic rings. The third kappa shape index (κ3) is 2.97. The Kier molecular flexibility index (Phi) is 3.92. The van der Waals surface area contributed by atoms with Crippen molar-refractivity contribution in [2.75, 3.05) is 5.73 Å². The maximum absolute atomic E-state index is 13.8. The van der Waals surface area contributed by atoms with Gasteiger partial charge in [-0.25, -0.2) is 9.37 Å². The van der Waals surface area contributed by atoms with Crippen molar-refractivity contribution in [1.82, 2.24) is 4.98 Å². The van der Waals surface area contributed by atoms with Crippen LogP contribution in [-0.2, 0) is 0 Å². The minimum Gasteiger partial charge on any atom is -0.398 e. The van der Waals surface area contributed by atoms with E-state index in [0.29, 0.717) is 10.0 Å². The Morgan fingerprint density at radius 2 is 2.16 bits per heavy atom. The van der Waals surface area contributed by atoms with Gasteiger partial charge in [-0.1, -0.05) is 23.4 Å². The topological polar surface area (TPSA) is 82.0 Å². The summed E-state index contributed by atoms with van der Waals surface area (Å²) in [5, 5.41) is 0.826. The number of amides is 1.